The number of nitrogens with two attached hydrogens (primary N) is 3. The molecule has 0 spiro atoms. The number of nitrogens with one attached hydrogen (secondary N) is 1. The normalized spacial score (nSPS) is 13.6. The molecule has 1 amide bonds. The first-order chi connectivity index (χ1) is 20.4. The molecule has 4 atom stereocenters. The van der Waals surface area contributed by atoms with Crippen LogP contribution in [0.4, 0.5) is 11.6 Å². The van der Waals surface area contributed by atoms with Crippen molar-refractivity contribution in [1.29, 1.82) is 5.41 Å². The minimum atomic E-state index is -1.38. The molecule has 0 fully saturated rings. The van der Waals surface area contributed by atoms with Crippen LogP contribution in [0.5, 0.6) is 5.75 Å². The van der Waals surface area contributed by atoms with Crippen molar-refractivity contribution in [2.45, 2.75) is 43.7 Å². The SMILES string of the molecule is Cl.Cl.N=C(N)N(CCCCc1ccc(OCCN(C[C@H](O)[C@H](O)CO)C[C@H](O)[C@H](O)CO)cc1)C(=O)c1nc(Cl)c(N)nc1N. The topological polar surface area (TPSA) is 282 Å². The molecule has 45 heavy (non-hydrogen) atoms. The first kappa shape index (κ1) is 42.2. The first-order valence-corrected chi connectivity index (χ1v) is 13.9. The number of unbranched alkanes of at least 4 members (excludes halogenated alkanes) is 1. The van der Waals surface area contributed by atoms with Crippen molar-refractivity contribution in [2.24, 2.45) is 5.73 Å². The number of anilines is 2. The van der Waals surface area contributed by atoms with E-state index in [4.69, 9.17) is 49.2 Å². The highest BCUT2D eigenvalue weighted by atomic mass is 35.5. The van der Waals surface area contributed by atoms with E-state index in [-0.39, 0.29) is 80.1 Å². The molecule has 0 aliphatic rings. The lowest BCUT2D eigenvalue weighted by Gasteiger charge is -2.29. The number of amides is 1. The van der Waals surface area contributed by atoms with Crippen molar-refractivity contribution in [3.63, 3.8) is 0 Å². The third-order valence-corrected chi connectivity index (χ3v) is 6.77. The van der Waals surface area contributed by atoms with Crippen molar-refractivity contribution in [3.05, 3.63) is 40.7 Å². The minimum Gasteiger partial charge on any atom is -0.492 e. The molecule has 16 nitrogen and oxygen atoms in total. The average molecular weight is 702 g/mol. The van der Waals surface area contributed by atoms with Gasteiger partial charge in [0, 0.05) is 26.2 Å². The second kappa shape index (κ2) is 21.1. The van der Waals surface area contributed by atoms with Gasteiger partial charge in [0.2, 0.25) is 0 Å². The van der Waals surface area contributed by atoms with Crippen LogP contribution in [0.25, 0.3) is 0 Å². The second-order valence-corrected chi connectivity index (χ2v) is 10.2. The molecule has 0 saturated carbocycles. The summed E-state index contributed by atoms with van der Waals surface area (Å²) in [5, 5.41) is 65.1. The highest BCUT2D eigenvalue weighted by molar-refractivity contribution is 6.31. The third-order valence-electron chi connectivity index (χ3n) is 6.49. The van der Waals surface area contributed by atoms with Crippen molar-refractivity contribution in [1.82, 2.24) is 19.8 Å². The maximum absolute atomic E-state index is 12.8. The Morgan fingerprint density at radius 2 is 1.44 bits per heavy atom. The second-order valence-electron chi connectivity index (χ2n) is 9.82. The minimum absolute atomic E-state index is 0. The molecule has 0 bridgehead atoms. The number of rotatable bonds is 18. The zero-order valence-corrected chi connectivity index (χ0v) is 26.8. The monoisotopic (exact) mass is 700 g/mol. The van der Waals surface area contributed by atoms with E-state index in [0.717, 1.165) is 10.5 Å². The number of nitrogen functional groups attached to an aromatic ring is 2. The molecule has 0 saturated heterocycles. The highest BCUT2D eigenvalue weighted by Crippen LogP contribution is 2.19. The Bertz CT molecular complexity index is 1170. The Morgan fingerprint density at radius 1 is 0.889 bits per heavy atom. The van der Waals surface area contributed by atoms with Crippen LogP contribution in [-0.2, 0) is 6.42 Å². The number of guanidine groups is 1. The van der Waals surface area contributed by atoms with E-state index in [1.807, 2.05) is 12.1 Å². The molecule has 0 aliphatic heterocycles. The molecule has 0 aliphatic carbocycles. The number of nitrogens with zero attached hydrogens (tertiary/aromatic N) is 4. The van der Waals surface area contributed by atoms with Gasteiger partial charge in [-0.05, 0) is 37.0 Å². The van der Waals surface area contributed by atoms with Crippen LogP contribution in [0.15, 0.2) is 24.3 Å². The summed E-state index contributed by atoms with van der Waals surface area (Å²) in [5.74, 6) is -0.961. The van der Waals surface area contributed by atoms with Gasteiger partial charge < -0.3 is 52.6 Å². The van der Waals surface area contributed by atoms with Crippen LogP contribution in [0.1, 0.15) is 28.9 Å². The van der Waals surface area contributed by atoms with E-state index in [1.165, 1.54) is 0 Å². The van der Waals surface area contributed by atoms with Crippen LogP contribution in [0.3, 0.4) is 0 Å². The van der Waals surface area contributed by atoms with Gasteiger partial charge in [0.15, 0.2) is 28.4 Å². The van der Waals surface area contributed by atoms with E-state index in [0.29, 0.717) is 25.0 Å². The Kier molecular flexibility index (Phi) is 19.8. The van der Waals surface area contributed by atoms with Crippen molar-refractivity contribution >= 4 is 59.9 Å². The number of hydrogen-bond donors (Lipinski definition) is 10. The standard InChI is InChI=1S/C26H41ClN8O8.2ClH/c27-22-24(29)33-23(28)21(32-22)25(42)35(26(30)31)8-2-1-3-15-4-6-16(7-5-15)43-10-9-34(11-17(38)19(40)13-36)12-18(39)20(41)14-37;;/h4-7,17-20,36-41H,1-3,8-14H2,(H3,30,31)(H4,28,29,33);2*1H/t17-,18-,19+,20+;;/m0../s1. The molecule has 2 rings (SSSR count). The maximum atomic E-state index is 12.8. The lowest BCUT2D eigenvalue weighted by atomic mass is 10.1. The number of aliphatic hydroxyl groups excluding tert-OH is 6. The van der Waals surface area contributed by atoms with E-state index in [2.05, 4.69) is 9.97 Å². The number of aryl methyl sites for hydroxylation is 1. The number of hydrogen-bond acceptors (Lipinski definition) is 14. The van der Waals surface area contributed by atoms with Crippen molar-refractivity contribution < 1.29 is 40.2 Å². The van der Waals surface area contributed by atoms with E-state index in [9.17, 15) is 25.2 Å². The molecule has 19 heteroatoms. The molecule has 2 aromatic rings. The van der Waals surface area contributed by atoms with Gasteiger partial charge in [0.25, 0.3) is 5.91 Å². The fourth-order valence-electron chi connectivity index (χ4n) is 3.98. The third kappa shape index (κ3) is 13.6. The van der Waals surface area contributed by atoms with Crippen LogP contribution in [0.2, 0.25) is 5.15 Å². The van der Waals surface area contributed by atoms with Gasteiger partial charge >= 0.3 is 0 Å². The Balaban J connectivity index is 0.00000968. The number of benzene rings is 1. The molecule has 13 N–H and O–H groups in total. The van der Waals surface area contributed by atoms with Gasteiger partial charge in [0.1, 0.15) is 24.6 Å². The van der Waals surface area contributed by atoms with Crippen molar-refractivity contribution in [3.8, 4) is 5.75 Å². The molecule has 0 radical (unpaired) electrons. The van der Waals surface area contributed by atoms with E-state index < -0.39 is 49.5 Å². The number of aromatic nitrogens is 2. The quantitative estimate of drug-likeness (QED) is 0.0487. The summed E-state index contributed by atoms with van der Waals surface area (Å²) in [6.45, 7) is -1.01. The largest absolute Gasteiger partial charge is 0.492 e. The Hall–Kier alpha value is -2.77. The number of ether oxygens (including phenoxy) is 1. The number of carbonyl (C=O) groups is 1. The van der Waals surface area contributed by atoms with Gasteiger partial charge in [-0.1, -0.05) is 23.7 Å². The summed E-state index contributed by atoms with van der Waals surface area (Å²) >= 11 is 5.86. The molecule has 1 aromatic carbocycles. The molecule has 256 valence electrons. The Labute approximate surface area is 278 Å². The zero-order valence-electron chi connectivity index (χ0n) is 24.4. The predicted molar refractivity (Wildman–Crippen MR) is 173 cm³/mol. The van der Waals surface area contributed by atoms with Gasteiger partial charge in [-0.2, -0.15) is 0 Å². The number of halogens is 3. The maximum Gasteiger partial charge on any atom is 0.283 e. The van der Waals surface area contributed by atoms with Gasteiger partial charge in [-0.15, -0.1) is 24.8 Å². The van der Waals surface area contributed by atoms with Crippen LogP contribution in [-0.4, -0.2) is 133 Å². The fourth-order valence-corrected chi connectivity index (χ4v) is 4.10. The number of aliphatic hydroxyl groups is 6. The molecular formula is C26H43Cl3N8O8. The highest BCUT2D eigenvalue weighted by Gasteiger charge is 2.25. The molecule has 1 heterocycles. The molecule has 1 aromatic heterocycles. The van der Waals surface area contributed by atoms with Crippen LogP contribution < -0.4 is 21.9 Å². The van der Waals surface area contributed by atoms with Gasteiger partial charge in [-0.3, -0.25) is 20.0 Å². The van der Waals surface area contributed by atoms with Crippen molar-refractivity contribution in [2.75, 3.05) is 57.5 Å². The van der Waals surface area contributed by atoms with Gasteiger partial charge in [0.05, 0.1) is 25.4 Å². The summed E-state index contributed by atoms with van der Waals surface area (Å²) in [4.78, 5) is 23.1. The summed E-state index contributed by atoms with van der Waals surface area (Å²) in [5.41, 5.74) is 17.7. The van der Waals surface area contributed by atoms with Crippen LogP contribution >= 0.6 is 36.4 Å². The first-order valence-electron chi connectivity index (χ1n) is 13.5. The smallest absolute Gasteiger partial charge is 0.283 e. The fraction of sp³-hybridized carbons (Fsp3) is 0.538. The average Bonchev–Trinajstić information content (AvgIpc) is 2.98. The lowest BCUT2D eigenvalue weighted by Crippen LogP contribution is -2.47. The summed E-state index contributed by atoms with van der Waals surface area (Å²) in [6, 6.07) is 7.28. The summed E-state index contributed by atoms with van der Waals surface area (Å²) < 4.78 is 5.76. The Morgan fingerprint density at radius 3 is 1.96 bits per heavy atom. The predicted octanol–water partition coefficient (Wildman–Crippen LogP) is -1.39. The summed E-state index contributed by atoms with van der Waals surface area (Å²) in [6.07, 6.45) is -3.50. The van der Waals surface area contributed by atoms with E-state index in [1.54, 1.807) is 17.0 Å². The molecule has 0 unspecified atom stereocenters. The zero-order chi connectivity index (χ0) is 32.1. The number of carbonyl (C=O) groups excluding carboxylic acids is 1. The molecular weight excluding hydrogens is 659 g/mol. The van der Waals surface area contributed by atoms with Crippen LogP contribution in [0, 0.1) is 5.41 Å². The lowest BCUT2D eigenvalue weighted by molar-refractivity contribution is -0.0551. The van der Waals surface area contributed by atoms with E-state index >= 15 is 0 Å². The summed E-state index contributed by atoms with van der Waals surface area (Å²) in [7, 11) is 0. The van der Waals surface area contributed by atoms with Gasteiger partial charge in [-0.25, -0.2) is 9.97 Å².